The van der Waals surface area contributed by atoms with Crippen molar-refractivity contribution in [1.29, 1.82) is 0 Å². The maximum Gasteiger partial charge on any atom is 0.397 e. The molecule has 1 aromatic carbocycles. The minimum atomic E-state index is -0.525. The first kappa shape index (κ1) is 13.0. The van der Waals surface area contributed by atoms with Gasteiger partial charge in [-0.3, -0.25) is 4.79 Å². The molecule has 19 heavy (non-hydrogen) atoms. The summed E-state index contributed by atoms with van der Waals surface area (Å²) < 4.78 is 6.28. The number of fused-ring (bicyclic) bond motifs is 1. The highest BCUT2D eigenvalue weighted by atomic mass is 16.6. The molecule has 0 aliphatic heterocycles. The van der Waals surface area contributed by atoms with Crippen molar-refractivity contribution in [3.05, 3.63) is 34.4 Å². The first-order chi connectivity index (χ1) is 9.13. The number of nitrogens with zero attached hydrogens (tertiary/aromatic N) is 3. The topological polar surface area (TPSA) is 87.3 Å². The van der Waals surface area contributed by atoms with E-state index in [4.69, 9.17) is 4.74 Å². The molecule has 0 atom stereocenters. The molecular formula is C12H13N3O4. The monoisotopic (exact) mass is 263 g/mol. The third-order valence-electron chi connectivity index (χ3n) is 2.64. The Morgan fingerprint density at radius 3 is 2.89 bits per heavy atom. The van der Waals surface area contributed by atoms with Gasteiger partial charge in [0.25, 0.3) is 0 Å². The van der Waals surface area contributed by atoms with E-state index in [9.17, 15) is 14.9 Å². The zero-order valence-electron chi connectivity index (χ0n) is 10.4. The molecule has 100 valence electrons. The van der Waals surface area contributed by atoms with E-state index in [-0.39, 0.29) is 24.8 Å². The van der Waals surface area contributed by atoms with Crippen molar-refractivity contribution in [3.63, 3.8) is 0 Å². The predicted molar refractivity (Wildman–Crippen MR) is 67.6 cm³/mol. The number of carbonyl (C=O) groups excluding carboxylic acids is 1. The van der Waals surface area contributed by atoms with Crippen LogP contribution in [0.3, 0.4) is 0 Å². The van der Waals surface area contributed by atoms with Gasteiger partial charge in [0.15, 0.2) is 0 Å². The van der Waals surface area contributed by atoms with Gasteiger partial charge in [-0.15, -0.1) is 0 Å². The molecular weight excluding hydrogens is 250 g/mol. The van der Waals surface area contributed by atoms with E-state index in [0.29, 0.717) is 17.5 Å². The average molecular weight is 263 g/mol. The predicted octanol–water partition coefficient (Wildman–Crippen LogP) is 1.90. The number of aryl methyl sites for hydroxylation is 1. The number of hydrogen-bond donors (Lipinski definition) is 0. The summed E-state index contributed by atoms with van der Waals surface area (Å²) in [5, 5.41) is 15.3. The molecule has 0 amide bonds. The van der Waals surface area contributed by atoms with E-state index in [1.165, 1.54) is 4.68 Å². The van der Waals surface area contributed by atoms with E-state index < -0.39 is 4.92 Å². The molecule has 2 aromatic rings. The van der Waals surface area contributed by atoms with Crippen LogP contribution in [0.4, 0.5) is 5.82 Å². The summed E-state index contributed by atoms with van der Waals surface area (Å²) in [4.78, 5) is 21.7. The molecule has 0 saturated heterocycles. The van der Waals surface area contributed by atoms with Crippen LogP contribution in [-0.2, 0) is 16.1 Å². The van der Waals surface area contributed by atoms with Crippen LogP contribution in [-0.4, -0.2) is 27.3 Å². The Kier molecular flexibility index (Phi) is 3.74. The lowest BCUT2D eigenvalue weighted by Crippen LogP contribution is -2.10. The standard InChI is InChI=1S/C12H13N3O4/c1-2-19-11(16)7-8-14-10-6-4-3-5-9(10)12(13-14)15(17)18/h3-6H,2,7-8H2,1H3. The van der Waals surface area contributed by atoms with Gasteiger partial charge in [-0.25, -0.2) is 0 Å². The SMILES string of the molecule is CCOC(=O)CCn1nc([N+](=O)[O-])c2ccccc21. The fourth-order valence-corrected chi connectivity index (χ4v) is 1.85. The Morgan fingerprint density at radius 1 is 1.47 bits per heavy atom. The van der Waals surface area contributed by atoms with Gasteiger partial charge in [-0.2, -0.15) is 4.68 Å². The van der Waals surface area contributed by atoms with Gasteiger partial charge in [-0.05, 0) is 24.0 Å². The number of nitro groups is 1. The van der Waals surface area contributed by atoms with Gasteiger partial charge < -0.3 is 14.9 Å². The number of carbonyl (C=O) groups is 1. The third-order valence-corrected chi connectivity index (χ3v) is 2.64. The normalized spacial score (nSPS) is 10.6. The van der Waals surface area contributed by atoms with Crippen LogP contribution in [0.2, 0.25) is 0 Å². The van der Waals surface area contributed by atoms with Gasteiger partial charge in [0, 0.05) is 0 Å². The van der Waals surface area contributed by atoms with Crippen molar-refractivity contribution < 1.29 is 14.5 Å². The number of ether oxygens (including phenoxy) is 1. The lowest BCUT2D eigenvalue weighted by molar-refractivity contribution is -0.388. The molecule has 7 heteroatoms. The first-order valence-electron chi connectivity index (χ1n) is 5.89. The van der Waals surface area contributed by atoms with E-state index >= 15 is 0 Å². The summed E-state index contributed by atoms with van der Waals surface area (Å²) >= 11 is 0. The van der Waals surface area contributed by atoms with Gasteiger partial charge in [-0.1, -0.05) is 12.1 Å². The number of hydrogen-bond acceptors (Lipinski definition) is 5. The van der Waals surface area contributed by atoms with Crippen LogP contribution in [0.1, 0.15) is 13.3 Å². The summed E-state index contributed by atoms with van der Waals surface area (Å²) in [6.07, 6.45) is 0.136. The number of benzene rings is 1. The van der Waals surface area contributed by atoms with Crippen LogP contribution in [0, 0.1) is 10.1 Å². The molecule has 7 nitrogen and oxygen atoms in total. The highest BCUT2D eigenvalue weighted by Gasteiger charge is 2.21. The zero-order chi connectivity index (χ0) is 13.8. The molecule has 0 fully saturated rings. The maximum absolute atomic E-state index is 11.3. The van der Waals surface area contributed by atoms with Gasteiger partial charge in [0.05, 0.1) is 30.2 Å². The Labute approximate surface area is 108 Å². The summed E-state index contributed by atoms with van der Waals surface area (Å²) in [6, 6.07) is 6.86. The fourth-order valence-electron chi connectivity index (χ4n) is 1.85. The van der Waals surface area contributed by atoms with Gasteiger partial charge >= 0.3 is 11.8 Å². The molecule has 0 bridgehead atoms. The summed E-state index contributed by atoms with van der Waals surface area (Å²) in [5.41, 5.74) is 0.637. The lowest BCUT2D eigenvalue weighted by Gasteiger charge is -2.00. The third kappa shape index (κ3) is 2.70. The van der Waals surface area contributed by atoms with E-state index in [1.54, 1.807) is 31.2 Å². The molecule has 0 N–H and O–H groups in total. The number of esters is 1. The summed E-state index contributed by atoms with van der Waals surface area (Å²) in [6.45, 7) is 2.30. The Morgan fingerprint density at radius 2 is 2.21 bits per heavy atom. The van der Waals surface area contributed by atoms with E-state index in [1.807, 2.05) is 0 Å². The second-order valence-electron chi connectivity index (χ2n) is 3.88. The fraction of sp³-hybridized carbons (Fsp3) is 0.333. The first-order valence-corrected chi connectivity index (χ1v) is 5.89. The second kappa shape index (κ2) is 5.47. The number of rotatable bonds is 5. The van der Waals surface area contributed by atoms with Crippen molar-refractivity contribution >= 4 is 22.7 Å². The van der Waals surface area contributed by atoms with E-state index in [0.717, 1.165) is 0 Å². The molecule has 0 aliphatic rings. The molecule has 1 aromatic heterocycles. The second-order valence-corrected chi connectivity index (χ2v) is 3.88. The number of para-hydroxylation sites is 1. The van der Waals surface area contributed by atoms with Crippen molar-refractivity contribution in [2.75, 3.05) is 6.61 Å². The van der Waals surface area contributed by atoms with Crippen molar-refractivity contribution in [1.82, 2.24) is 9.78 Å². The molecule has 0 saturated carbocycles. The molecule has 2 rings (SSSR count). The Balaban J connectivity index is 2.28. The van der Waals surface area contributed by atoms with Crippen LogP contribution in [0.25, 0.3) is 10.9 Å². The molecule has 1 heterocycles. The van der Waals surface area contributed by atoms with Crippen molar-refractivity contribution in [3.8, 4) is 0 Å². The average Bonchev–Trinajstić information content (AvgIpc) is 2.76. The Bertz CT molecular complexity index is 620. The molecule has 0 unspecified atom stereocenters. The van der Waals surface area contributed by atoms with Crippen LogP contribution >= 0.6 is 0 Å². The summed E-state index contributed by atoms with van der Waals surface area (Å²) in [5.74, 6) is -0.538. The van der Waals surface area contributed by atoms with Crippen LogP contribution < -0.4 is 0 Å². The van der Waals surface area contributed by atoms with E-state index in [2.05, 4.69) is 5.10 Å². The molecule has 0 aliphatic carbocycles. The van der Waals surface area contributed by atoms with Crippen molar-refractivity contribution in [2.24, 2.45) is 0 Å². The molecule has 0 radical (unpaired) electrons. The van der Waals surface area contributed by atoms with Gasteiger partial charge in [0.1, 0.15) is 5.39 Å². The lowest BCUT2D eigenvalue weighted by atomic mass is 10.2. The minimum Gasteiger partial charge on any atom is -0.466 e. The quantitative estimate of drug-likeness (QED) is 0.467. The summed E-state index contributed by atoms with van der Waals surface area (Å²) in [7, 11) is 0. The van der Waals surface area contributed by atoms with Crippen molar-refractivity contribution in [2.45, 2.75) is 19.9 Å². The van der Waals surface area contributed by atoms with Gasteiger partial charge in [0.2, 0.25) is 0 Å². The highest BCUT2D eigenvalue weighted by Crippen LogP contribution is 2.24. The largest absolute Gasteiger partial charge is 0.466 e. The maximum atomic E-state index is 11.3. The van der Waals surface area contributed by atoms with Crippen LogP contribution in [0.5, 0.6) is 0 Å². The van der Waals surface area contributed by atoms with Crippen LogP contribution in [0.15, 0.2) is 24.3 Å². The smallest absolute Gasteiger partial charge is 0.397 e. The Hall–Kier alpha value is -2.44. The zero-order valence-corrected chi connectivity index (χ0v) is 10.4. The minimum absolute atomic E-state index is 0.136. The number of aromatic nitrogens is 2. The highest BCUT2D eigenvalue weighted by molar-refractivity contribution is 5.87. The molecule has 0 spiro atoms.